The van der Waals surface area contributed by atoms with Crippen LogP contribution in [0.25, 0.3) is 0 Å². The Morgan fingerprint density at radius 3 is 2.44 bits per heavy atom. The van der Waals surface area contributed by atoms with Crippen molar-refractivity contribution in [2.75, 3.05) is 6.61 Å². The molecule has 0 aromatic heterocycles. The van der Waals surface area contributed by atoms with Crippen LogP contribution in [0.5, 0.6) is 5.75 Å². The molecule has 2 aromatic rings. The normalized spacial score (nSPS) is 24.0. The number of rotatable bonds is 7. The molecule has 0 radical (unpaired) electrons. The highest BCUT2D eigenvalue weighted by molar-refractivity contribution is 8.02. The lowest BCUT2D eigenvalue weighted by Crippen LogP contribution is -2.67. The second kappa shape index (κ2) is 10.3. The molecule has 2 amide bonds. The molecule has 7 nitrogen and oxygen atoms in total. The van der Waals surface area contributed by atoms with Crippen molar-refractivity contribution in [3.63, 3.8) is 0 Å². The number of nitrogens with zero attached hydrogens (tertiary/aromatic N) is 1. The van der Waals surface area contributed by atoms with Crippen molar-refractivity contribution in [3.8, 4) is 5.75 Å². The van der Waals surface area contributed by atoms with Crippen LogP contribution in [0.4, 0.5) is 0 Å². The Balaban J connectivity index is 1.51. The van der Waals surface area contributed by atoms with Gasteiger partial charge in [0.2, 0.25) is 9.90 Å². The van der Waals surface area contributed by atoms with E-state index in [2.05, 4.69) is 11.9 Å². The van der Waals surface area contributed by atoms with Crippen LogP contribution >= 0.6 is 58.2 Å². The van der Waals surface area contributed by atoms with E-state index in [1.54, 1.807) is 55.5 Å². The van der Waals surface area contributed by atoms with Crippen LogP contribution in [0.2, 0.25) is 5.02 Å². The molecule has 2 aromatic carbocycles. The number of halogens is 4. The Kier molecular flexibility index (Phi) is 7.74. The molecule has 3 unspecified atom stereocenters. The summed E-state index contributed by atoms with van der Waals surface area (Å²) in [6.45, 7) is 5.01. The van der Waals surface area contributed by atoms with Gasteiger partial charge in [-0.3, -0.25) is 19.3 Å². The maximum atomic E-state index is 13.4. The minimum atomic E-state index is -1.78. The van der Waals surface area contributed by atoms with Crippen molar-refractivity contribution < 1.29 is 23.9 Å². The summed E-state index contributed by atoms with van der Waals surface area (Å²) < 4.78 is 8.02. The highest BCUT2D eigenvalue weighted by Crippen LogP contribution is 2.53. The van der Waals surface area contributed by atoms with Gasteiger partial charge in [-0.2, -0.15) is 0 Å². The highest BCUT2D eigenvalue weighted by atomic mass is 35.6. The molecule has 36 heavy (non-hydrogen) atoms. The standard InChI is InChI=1S/C24H20Cl4N2O5S/c1-13-23(2,22(33)34-12-24(26,27)28)36-21-17(20(32)30(13)21)29-19(31)18(14-8-4-3-5-9-14)35-16-11-7-6-10-15(16)25/h3-11,17-18,21H,1,12H2,2H3,(H,29,31)/t17?,18?,21-,23?/m1/s1. The molecule has 4 rings (SSSR count). The summed E-state index contributed by atoms with van der Waals surface area (Å²) in [4.78, 5) is 40.4. The highest BCUT2D eigenvalue weighted by Gasteiger charge is 2.63. The Labute approximate surface area is 232 Å². The SMILES string of the molecule is C=C1N2C(=O)C(NC(=O)C(Oc3ccccc3Cl)c3ccccc3)[C@H]2SC1(C)C(=O)OCC(Cl)(Cl)Cl. The lowest BCUT2D eigenvalue weighted by molar-refractivity contribution is -0.148. The second-order valence-corrected chi connectivity index (χ2v) is 12.7. The number of β-lactam (4-membered cyclic amide) rings is 1. The van der Waals surface area contributed by atoms with E-state index in [4.69, 9.17) is 55.9 Å². The molecule has 0 aliphatic carbocycles. The average molecular weight is 590 g/mol. The summed E-state index contributed by atoms with van der Waals surface area (Å²) in [5, 5.41) is 2.52. The first-order valence-electron chi connectivity index (χ1n) is 10.6. The molecule has 0 saturated carbocycles. The first-order valence-corrected chi connectivity index (χ1v) is 13.0. The largest absolute Gasteiger partial charge is 0.474 e. The third-order valence-electron chi connectivity index (χ3n) is 5.72. The van der Waals surface area contributed by atoms with E-state index < -0.39 is 50.4 Å². The van der Waals surface area contributed by atoms with Gasteiger partial charge in [-0.05, 0) is 19.1 Å². The smallest absolute Gasteiger partial charge is 0.328 e. The van der Waals surface area contributed by atoms with E-state index >= 15 is 0 Å². The van der Waals surface area contributed by atoms with Gasteiger partial charge in [-0.25, -0.2) is 0 Å². The Bertz CT molecular complexity index is 1210. The van der Waals surface area contributed by atoms with Gasteiger partial charge in [0.05, 0.1) is 5.02 Å². The Morgan fingerprint density at radius 1 is 1.17 bits per heavy atom. The van der Waals surface area contributed by atoms with Gasteiger partial charge in [-0.15, -0.1) is 11.8 Å². The van der Waals surface area contributed by atoms with Crippen molar-refractivity contribution in [1.82, 2.24) is 10.2 Å². The van der Waals surface area contributed by atoms with E-state index in [9.17, 15) is 14.4 Å². The number of para-hydroxylation sites is 1. The van der Waals surface area contributed by atoms with E-state index in [0.29, 0.717) is 16.3 Å². The fourth-order valence-corrected chi connectivity index (χ4v) is 5.67. The fourth-order valence-electron chi connectivity index (χ4n) is 3.79. The number of thioether (sulfide) groups is 1. The monoisotopic (exact) mass is 588 g/mol. The molecule has 2 heterocycles. The van der Waals surface area contributed by atoms with Crippen molar-refractivity contribution >= 4 is 75.9 Å². The van der Waals surface area contributed by atoms with Crippen molar-refractivity contribution in [1.29, 1.82) is 0 Å². The second-order valence-electron chi connectivity index (χ2n) is 8.21. The van der Waals surface area contributed by atoms with Crippen molar-refractivity contribution in [3.05, 3.63) is 77.5 Å². The van der Waals surface area contributed by atoms with Gasteiger partial charge in [0.25, 0.3) is 11.8 Å². The molecule has 0 spiro atoms. The van der Waals surface area contributed by atoms with Crippen LogP contribution in [0.15, 0.2) is 66.9 Å². The fraction of sp³-hybridized carbons (Fsp3) is 0.292. The van der Waals surface area contributed by atoms with Crippen LogP contribution in [-0.2, 0) is 19.1 Å². The van der Waals surface area contributed by atoms with E-state index in [1.165, 1.54) is 4.90 Å². The summed E-state index contributed by atoms with van der Waals surface area (Å²) >= 11 is 24.4. The van der Waals surface area contributed by atoms with Crippen molar-refractivity contribution in [2.45, 2.75) is 33.0 Å². The lowest BCUT2D eigenvalue weighted by atomic mass is 10.00. The van der Waals surface area contributed by atoms with Crippen LogP contribution in [-0.4, -0.2) is 49.2 Å². The van der Waals surface area contributed by atoms with Gasteiger partial charge in [0, 0.05) is 11.3 Å². The van der Waals surface area contributed by atoms with Crippen LogP contribution < -0.4 is 10.1 Å². The van der Waals surface area contributed by atoms with E-state index in [0.717, 1.165) is 11.8 Å². The molecular weight excluding hydrogens is 570 g/mol. The lowest BCUT2D eigenvalue weighted by Gasteiger charge is -2.42. The summed E-state index contributed by atoms with van der Waals surface area (Å²) in [6, 6.07) is 14.7. The molecule has 190 valence electrons. The van der Waals surface area contributed by atoms with Gasteiger partial charge in [0.1, 0.15) is 23.8 Å². The third kappa shape index (κ3) is 5.29. The molecule has 2 fully saturated rings. The number of alkyl halides is 3. The average Bonchev–Trinajstić information content (AvgIpc) is 3.08. The first-order chi connectivity index (χ1) is 16.9. The number of carbonyl (C=O) groups is 3. The van der Waals surface area contributed by atoms with Gasteiger partial charge in [-0.1, -0.05) is 95.4 Å². The number of amides is 2. The summed E-state index contributed by atoms with van der Waals surface area (Å²) in [6.07, 6.45) is -1.08. The van der Waals surface area contributed by atoms with Gasteiger partial charge in [0.15, 0.2) is 4.75 Å². The number of fused-ring (bicyclic) bond motifs is 1. The maximum absolute atomic E-state index is 13.4. The number of hydrogen-bond acceptors (Lipinski definition) is 6. The first kappa shape index (κ1) is 26.9. The molecule has 12 heteroatoms. The predicted octanol–water partition coefficient (Wildman–Crippen LogP) is 5.05. The minimum Gasteiger partial charge on any atom is -0.474 e. The Morgan fingerprint density at radius 2 is 1.81 bits per heavy atom. The number of ether oxygens (including phenoxy) is 2. The quantitative estimate of drug-likeness (QED) is 0.276. The summed E-state index contributed by atoms with van der Waals surface area (Å²) in [7, 11) is 0. The predicted molar refractivity (Wildman–Crippen MR) is 140 cm³/mol. The number of esters is 1. The molecule has 2 aliphatic rings. The maximum Gasteiger partial charge on any atom is 0.328 e. The van der Waals surface area contributed by atoms with Crippen LogP contribution in [0, 0.1) is 0 Å². The Hall–Kier alpha value is -2.10. The summed E-state index contributed by atoms with van der Waals surface area (Å²) in [5.74, 6) is -1.34. The number of hydrogen-bond donors (Lipinski definition) is 1. The van der Waals surface area contributed by atoms with Crippen LogP contribution in [0.1, 0.15) is 18.6 Å². The molecule has 1 N–H and O–H groups in total. The number of carbonyl (C=O) groups excluding carboxylic acids is 3. The summed E-state index contributed by atoms with van der Waals surface area (Å²) in [5.41, 5.74) is 0.802. The van der Waals surface area contributed by atoms with Crippen molar-refractivity contribution in [2.24, 2.45) is 0 Å². The third-order valence-corrected chi connectivity index (χ3v) is 7.95. The topological polar surface area (TPSA) is 84.9 Å². The number of benzene rings is 2. The van der Waals surface area contributed by atoms with Crippen LogP contribution in [0.3, 0.4) is 0 Å². The zero-order chi connectivity index (χ0) is 26.3. The number of nitrogens with one attached hydrogen (secondary N) is 1. The van der Waals surface area contributed by atoms with E-state index in [1.807, 2.05) is 6.07 Å². The molecule has 2 saturated heterocycles. The molecular formula is C24H20Cl4N2O5S. The van der Waals surface area contributed by atoms with Gasteiger partial charge < -0.3 is 14.8 Å². The zero-order valence-electron chi connectivity index (χ0n) is 18.8. The molecule has 2 aliphatic heterocycles. The minimum absolute atomic E-state index is 0.231. The van der Waals surface area contributed by atoms with Gasteiger partial charge >= 0.3 is 5.97 Å². The molecule has 4 atom stereocenters. The van der Waals surface area contributed by atoms with E-state index in [-0.39, 0.29) is 5.70 Å². The molecule has 0 bridgehead atoms. The zero-order valence-corrected chi connectivity index (χ0v) is 22.6.